The maximum Gasteiger partial charge on any atom is 0.411 e. The van der Waals surface area contributed by atoms with Gasteiger partial charge in [-0.3, -0.25) is 0 Å². The Kier molecular flexibility index (Phi) is 3.89. The second kappa shape index (κ2) is 5.45. The van der Waals surface area contributed by atoms with Crippen molar-refractivity contribution in [3.05, 3.63) is 29.8 Å². The molecule has 1 aromatic carbocycles. The Morgan fingerprint density at radius 1 is 1.30 bits per heavy atom. The van der Waals surface area contributed by atoms with Gasteiger partial charge in [0.25, 0.3) is 5.89 Å². The third-order valence-corrected chi connectivity index (χ3v) is 2.19. The predicted octanol–water partition coefficient (Wildman–Crippen LogP) is 2.54. The standard InChI is InChI=1S/C11H9F4N3O2/c12-8-2-1-6(16)3-7(8)10-17-9(18-20-10)4-19-5-11(13,14)15/h1-3H,4-5,16H2. The number of hydrogen-bond donors (Lipinski definition) is 1. The Bertz CT molecular complexity index is 598. The van der Waals surface area contributed by atoms with Crippen LogP contribution in [0, 0.1) is 5.82 Å². The van der Waals surface area contributed by atoms with Crippen molar-refractivity contribution in [2.75, 3.05) is 12.3 Å². The zero-order valence-electron chi connectivity index (χ0n) is 9.95. The minimum Gasteiger partial charge on any atom is -0.399 e. The summed E-state index contributed by atoms with van der Waals surface area (Å²) in [4.78, 5) is 3.74. The fraction of sp³-hybridized carbons (Fsp3) is 0.273. The highest BCUT2D eigenvalue weighted by Gasteiger charge is 2.27. The van der Waals surface area contributed by atoms with Crippen LogP contribution in [-0.4, -0.2) is 22.9 Å². The van der Waals surface area contributed by atoms with Gasteiger partial charge in [0.1, 0.15) is 19.0 Å². The van der Waals surface area contributed by atoms with Gasteiger partial charge < -0.3 is 15.0 Å². The van der Waals surface area contributed by atoms with Gasteiger partial charge >= 0.3 is 6.18 Å². The number of aromatic nitrogens is 2. The van der Waals surface area contributed by atoms with Crippen molar-refractivity contribution in [3.63, 3.8) is 0 Å². The summed E-state index contributed by atoms with van der Waals surface area (Å²) in [6.45, 7) is -1.92. The first kappa shape index (κ1) is 14.3. The number of hydrogen-bond acceptors (Lipinski definition) is 5. The summed E-state index contributed by atoms with van der Waals surface area (Å²) >= 11 is 0. The molecule has 0 aliphatic carbocycles. The molecule has 20 heavy (non-hydrogen) atoms. The first-order valence-electron chi connectivity index (χ1n) is 5.37. The summed E-state index contributed by atoms with van der Waals surface area (Å²) in [6, 6.07) is 3.75. The monoisotopic (exact) mass is 291 g/mol. The number of nitrogen functional groups attached to an aromatic ring is 1. The quantitative estimate of drug-likeness (QED) is 0.692. The molecule has 0 saturated heterocycles. The molecule has 0 amide bonds. The zero-order valence-corrected chi connectivity index (χ0v) is 9.95. The lowest BCUT2D eigenvalue weighted by molar-refractivity contribution is -0.177. The van der Waals surface area contributed by atoms with Crippen molar-refractivity contribution < 1.29 is 26.8 Å². The molecule has 1 heterocycles. The van der Waals surface area contributed by atoms with Crippen molar-refractivity contribution in [2.45, 2.75) is 12.8 Å². The highest BCUT2D eigenvalue weighted by Crippen LogP contribution is 2.23. The molecule has 0 bridgehead atoms. The van der Waals surface area contributed by atoms with Crippen LogP contribution in [0.25, 0.3) is 11.5 Å². The fourth-order valence-corrected chi connectivity index (χ4v) is 1.39. The number of ether oxygens (including phenoxy) is 1. The molecule has 0 radical (unpaired) electrons. The first-order chi connectivity index (χ1) is 9.35. The maximum atomic E-state index is 13.5. The molecule has 0 spiro atoms. The lowest BCUT2D eigenvalue weighted by Gasteiger charge is -2.04. The lowest BCUT2D eigenvalue weighted by Crippen LogP contribution is -2.16. The summed E-state index contributed by atoms with van der Waals surface area (Å²) in [5, 5.41) is 3.40. The smallest absolute Gasteiger partial charge is 0.399 e. The van der Waals surface area contributed by atoms with Crippen molar-refractivity contribution in [2.24, 2.45) is 0 Å². The van der Waals surface area contributed by atoms with Crippen LogP contribution >= 0.6 is 0 Å². The van der Waals surface area contributed by atoms with Crippen molar-refractivity contribution in [1.82, 2.24) is 10.1 Å². The minimum atomic E-state index is -4.44. The van der Waals surface area contributed by atoms with E-state index >= 15 is 0 Å². The van der Waals surface area contributed by atoms with Crippen LogP contribution in [0.1, 0.15) is 5.82 Å². The van der Waals surface area contributed by atoms with Gasteiger partial charge in [0.2, 0.25) is 0 Å². The highest BCUT2D eigenvalue weighted by molar-refractivity contribution is 5.60. The largest absolute Gasteiger partial charge is 0.411 e. The second-order valence-corrected chi connectivity index (χ2v) is 3.86. The highest BCUT2D eigenvalue weighted by atomic mass is 19.4. The van der Waals surface area contributed by atoms with Gasteiger partial charge in [-0.2, -0.15) is 18.2 Å². The van der Waals surface area contributed by atoms with E-state index in [1.54, 1.807) is 0 Å². The summed E-state index contributed by atoms with van der Waals surface area (Å²) in [5.41, 5.74) is 5.75. The molecular formula is C11H9F4N3O2. The van der Waals surface area contributed by atoms with E-state index in [1.807, 2.05) is 0 Å². The van der Waals surface area contributed by atoms with Gasteiger partial charge in [0.15, 0.2) is 5.82 Å². The van der Waals surface area contributed by atoms with Gasteiger partial charge in [-0.05, 0) is 18.2 Å². The van der Waals surface area contributed by atoms with Gasteiger partial charge in [-0.25, -0.2) is 4.39 Å². The molecule has 0 aliphatic heterocycles. The summed E-state index contributed by atoms with van der Waals surface area (Å²) in [7, 11) is 0. The van der Waals surface area contributed by atoms with Crippen molar-refractivity contribution in [3.8, 4) is 11.5 Å². The molecule has 1 aromatic heterocycles. The number of halogens is 4. The topological polar surface area (TPSA) is 74.2 Å². The normalized spacial score (nSPS) is 11.8. The third kappa shape index (κ3) is 3.67. The molecule has 0 fully saturated rings. The van der Waals surface area contributed by atoms with E-state index in [1.165, 1.54) is 12.1 Å². The Labute approximate surface area is 110 Å². The molecule has 9 heteroatoms. The molecule has 5 nitrogen and oxygen atoms in total. The number of nitrogens with two attached hydrogens (primary N) is 1. The molecule has 2 aromatic rings. The van der Waals surface area contributed by atoms with Crippen LogP contribution in [0.15, 0.2) is 22.7 Å². The number of benzene rings is 1. The molecular weight excluding hydrogens is 282 g/mol. The maximum absolute atomic E-state index is 13.5. The van der Waals surface area contributed by atoms with E-state index in [9.17, 15) is 17.6 Å². The van der Waals surface area contributed by atoms with Gasteiger partial charge in [-0.15, -0.1) is 0 Å². The van der Waals surface area contributed by atoms with E-state index in [0.717, 1.165) is 6.07 Å². The Hall–Kier alpha value is -2.16. The Balaban J connectivity index is 2.07. The van der Waals surface area contributed by atoms with E-state index in [2.05, 4.69) is 14.9 Å². The summed E-state index contributed by atoms with van der Waals surface area (Å²) < 4.78 is 58.2. The number of nitrogens with zero attached hydrogens (tertiary/aromatic N) is 2. The van der Waals surface area contributed by atoms with E-state index in [4.69, 9.17) is 10.3 Å². The first-order valence-corrected chi connectivity index (χ1v) is 5.37. The minimum absolute atomic E-state index is 0.0282. The van der Waals surface area contributed by atoms with Gasteiger partial charge in [0.05, 0.1) is 5.56 Å². The van der Waals surface area contributed by atoms with Gasteiger partial charge in [0, 0.05) is 5.69 Å². The van der Waals surface area contributed by atoms with Crippen LogP contribution in [0.5, 0.6) is 0 Å². The van der Waals surface area contributed by atoms with E-state index in [-0.39, 0.29) is 23.0 Å². The van der Waals surface area contributed by atoms with E-state index < -0.39 is 25.2 Å². The number of anilines is 1. The van der Waals surface area contributed by atoms with Crippen LogP contribution in [0.3, 0.4) is 0 Å². The Morgan fingerprint density at radius 3 is 2.75 bits per heavy atom. The molecule has 2 N–H and O–H groups in total. The van der Waals surface area contributed by atoms with Crippen molar-refractivity contribution in [1.29, 1.82) is 0 Å². The zero-order chi connectivity index (χ0) is 14.8. The molecule has 2 rings (SSSR count). The molecule has 0 aliphatic rings. The second-order valence-electron chi connectivity index (χ2n) is 3.86. The summed E-state index contributed by atoms with van der Waals surface area (Å²) in [6.07, 6.45) is -4.44. The molecule has 108 valence electrons. The lowest BCUT2D eigenvalue weighted by atomic mass is 10.2. The van der Waals surface area contributed by atoms with E-state index in [0.29, 0.717) is 0 Å². The van der Waals surface area contributed by atoms with Crippen LogP contribution in [0.4, 0.5) is 23.2 Å². The third-order valence-electron chi connectivity index (χ3n) is 2.19. The van der Waals surface area contributed by atoms with Crippen LogP contribution in [0.2, 0.25) is 0 Å². The SMILES string of the molecule is Nc1ccc(F)c(-c2nc(COCC(F)(F)F)no2)c1. The van der Waals surface area contributed by atoms with Gasteiger partial charge in [-0.1, -0.05) is 5.16 Å². The van der Waals surface area contributed by atoms with Crippen LogP contribution in [-0.2, 0) is 11.3 Å². The average Bonchev–Trinajstić information content (AvgIpc) is 2.79. The Morgan fingerprint density at radius 2 is 2.05 bits per heavy atom. The predicted molar refractivity (Wildman–Crippen MR) is 59.8 cm³/mol. The molecule has 0 saturated carbocycles. The number of alkyl halides is 3. The number of rotatable bonds is 4. The van der Waals surface area contributed by atoms with Crippen molar-refractivity contribution >= 4 is 5.69 Å². The molecule has 0 atom stereocenters. The summed E-state index contributed by atoms with van der Waals surface area (Å²) in [5.74, 6) is -0.933. The average molecular weight is 291 g/mol. The fourth-order valence-electron chi connectivity index (χ4n) is 1.39. The van der Waals surface area contributed by atoms with Crippen LogP contribution < -0.4 is 5.73 Å². The molecule has 0 unspecified atom stereocenters.